The first-order chi connectivity index (χ1) is 10.4. The van der Waals surface area contributed by atoms with E-state index in [-0.39, 0.29) is 17.3 Å². The summed E-state index contributed by atoms with van der Waals surface area (Å²) >= 11 is 0. The first-order valence-electron chi connectivity index (χ1n) is 7.96. The Bertz CT molecular complexity index is 621. The van der Waals surface area contributed by atoms with E-state index in [1.54, 1.807) is 6.92 Å². The van der Waals surface area contributed by atoms with Crippen molar-refractivity contribution < 1.29 is 12.8 Å². The molecule has 3 rings (SSSR count). The smallest absolute Gasteiger partial charge is 0.243 e. The molecule has 2 fully saturated rings. The molecule has 0 bridgehead atoms. The average molecular weight is 363 g/mol. The van der Waals surface area contributed by atoms with Crippen LogP contribution in [0, 0.1) is 18.7 Å². The number of aryl methyl sites for hydroxylation is 1. The van der Waals surface area contributed by atoms with Crippen molar-refractivity contribution in [3.05, 3.63) is 29.6 Å². The van der Waals surface area contributed by atoms with Gasteiger partial charge >= 0.3 is 0 Å². The maximum Gasteiger partial charge on any atom is 0.243 e. The predicted octanol–water partition coefficient (Wildman–Crippen LogP) is 2.71. The highest BCUT2D eigenvalue weighted by atomic mass is 35.5. The van der Waals surface area contributed by atoms with E-state index in [0.29, 0.717) is 24.7 Å². The van der Waals surface area contributed by atoms with Crippen LogP contribution in [0.5, 0.6) is 0 Å². The van der Waals surface area contributed by atoms with Gasteiger partial charge in [0.15, 0.2) is 0 Å². The monoisotopic (exact) mass is 362 g/mol. The summed E-state index contributed by atoms with van der Waals surface area (Å²) in [5.41, 5.74) is 0.625. The van der Waals surface area contributed by atoms with Crippen LogP contribution in [-0.2, 0) is 10.0 Å². The van der Waals surface area contributed by atoms with E-state index in [4.69, 9.17) is 0 Å². The van der Waals surface area contributed by atoms with Crippen molar-refractivity contribution >= 4 is 22.4 Å². The maximum absolute atomic E-state index is 13.5. The molecular formula is C16H24ClFN2O2S. The van der Waals surface area contributed by atoms with E-state index in [1.807, 2.05) is 0 Å². The van der Waals surface area contributed by atoms with E-state index in [2.05, 4.69) is 5.32 Å². The topological polar surface area (TPSA) is 49.4 Å². The molecule has 23 heavy (non-hydrogen) atoms. The van der Waals surface area contributed by atoms with Crippen LogP contribution in [0.25, 0.3) is 0 Å². The van der Waals surface area contributed by atoms with Gasteiger partial charge in [0, 0.05) is 19.1 Å². The van der Waals surface area contributed by atoms with Gasteiger partial charge in [-0.1, -0.05) is 0 Å². The van der Waals surface area contributed by atoms with Crippen molar-refractivity contribution in [3.63, 3.8) is 0 Å². The summed E-state index contributed by atoms with van der Waals surface area (Å²) in [6.45, 7) is 3.76. The normalized spacial score (nSPS) is 20.3. The molecular weight excluding hydrogens is 339 g/mol. The molecule has 2 aliphatic rings. The third kappa shape index (κ3) is 4.66. The first kappa shape index (κ1) is 18.6. The molecule has 0 spiro atoms. The fourth-order valence-electron chi connectivity index (χ4n) is 2.96. The Morgan fingerprint density at radius 2 is 1.83 bits per heavy atom. The van der Waals surface area contributed by atoms with Crippen LogP contribution < -0.4 is 5.32 Å². The first-order valence-corrected chi connectivity index (χ1v) is 9.40. The van der Waals surface area contributed by atoms with Gasteiger partial charge in [0.05, 0.1) is 4.90 Å². The SMILES string of the molecule is Cc1cc(F)cc(S(=O)(=O)N2CCC(NCC3CC3)CC2)c1.Cl. The van der Waals surface area contributed by atoms with Crippen molar-refractivity contribution in [1.29, 1.82) is 0 Å². The average Bonchev–Trinajstić information content (AvgIpc) is 3.29. The molecule has 1 aromatic carbocycles. The van der Waals surface area contributed by atoms with Gasteiger partial charge in [-0.3, -0.25) is 0 Å². The van der Waals surface area contributed by atoms with Crippen LogP contribution in [0.4, 0.5) is 4.39 Å². The predicted molar refractivity (Wildman–Crippen MR) is 90.9 cm³/mol. The van der Waals surface area contributed by atoms with E-state index in [9.17, 15) is 12.8 Å². The fourth-order valence-corrected chi connectivity index (χ4v) is 4.54. The molecule has 4 nitrogen and oxygen atoms in total. The highest BCUT2D eigenvalue weighted by Gasteiger charge is 2.30. The molecule has 1 N–H and O–H groups in total. The number of benzene rings is 1. The lowest BCUT2D eigenvalue weighted by atomic mass is 10.1. The number of piperidine rings is 1. The largest absolute Gasteiger partial charge is 0.314 e. The molecule has 1 aliphatic heterocycles. The van der Waals surface area contributed by atoms with Gasteiger partial charge in [-0.05, 0) is 68.8 Å². The van der Waals surface area contributed by atoms with Crippen LogP contribution in [0.3, 0.4) is 0 Å². The quantitative estimate of drug-likeness (QED) is 0.876. The van der Waals surface area contributed by atoms with Crippen LogP contribution >= 0.6 is 12.4 Å². The zero-order valence-electron chi connectivity index (χ0n) is 13.3. The number of hydrogen-bond acceptors (Lipinski definition) is 3. The van der Waals surface area contributed by atoms with Crippen molar-refractivity contribution in [1.82, 2.24) is 9.62 Å². The van der Waals surface area contributed by atoms with Gasteiger partial charge in [-0.25, -0.2) is 12.8 Å². The second kappa shape index (κ2) is 7.47. The minimum Gasteiger partial charge on any atom is -0.314 e. The molecule has 1 heterocycles. The molecule has 0 aromatic heterocycles. The molecule has 1 saturated carbocycles. The maximum atomic E-state index is 13.5. The molecule has 0 amide bonds. The zero-order chi connectivity index (χ0) is 15.7. The molecule has 1 saturated heterocycles. The summed E-state index contributed by atoms with van der Waals surface area (Å²) in [5, 5.41) is 3.53. The Balaban J connectivity index is 0.00000192. The number of nitrogens with one attached hydrogen (secondary N) is 1. The Hall–Kier alpha value is -0.690. The molecule has 0 atom stereocenters. The van der Waals surface area contributed by atoms with Crippen molar-refractivity contribution in [2.45, 2.75) is 43.5 Å². The summed E-state index contributed by atoms with van der Waals surface area (Å²) in [6, 6.07) is 4.39. The Morgan fingerprint density at radius 3 is 2.39 bits per heavy atom. The second-order valence-electron chi connectivity index (χ2n) is 6.49. The molecule has 0 radical (unpaired) electrons. The van der Waals surface area contributed by atoms with Gasteiger partial charge in [0.1, 0.15) is 5.82 Å². The third-order valence-corrected chi connectivity index (χ3v) is 6.38. The number of halogens is 2. The van der Waals surface area contributed by atoms with Crippen molar-refractivity contribution in [3.8, 4) is 0 Å². The summed E-state index contributed by atoms with van der Waals surface area (Å²) < 4.78 is 40.2. The highest BCUT2D eigenvalue weighted by Crippen LogP contribution is 2.28. The second-order valence-corrected chi connectivity index (χ2v) is 8.43. The van der Waals surface area contributed by atoms with Crippen LogP contribution in [0.15, 0.2) is 23.1 Å². The lowest BCUT2D eigenvalue weighted by molar-refractivity contribution is 0.288. The van der Waals surface area contributed by atoms with Gasteiger partial charge in [-0.2, -0.15) is 4.31 Å². The summed E-state index contributed by atoms with van der Waals surface area (Å²) in [5.74, 6) is 0.330. The van der Waals surface area contributed by atoms with Crippen LogP contribution in [-0.4, -0.2) is 38.4 Å². The van der Waals surface area contributed by atoms with E-state index in [0.717, 1.165) is 31.4 Å². The van der Waals surface area contributed by atoms with Gasteiger partial charge in [0.2, 0.25) is 10.0 Å². The minimum absolute atomic E-state index is 0. The highest BCUT2D eigenvalue weighted by molar-refractivity contribution is 7.89. The standard InChI is InChI=1S/C16H23FN2O2S.ClH/c1-12-8-14(17)10-16(9-12)22(20,21)19-6-4-15(5-7-19)18-11-13-2-3-13;/h8-10,13,15,18H,2-7,11H2,1H3;1H. The van der Waals surface area contributed by atoms with E-state index < -0.39 is 15.8 Å². The molecule has 1 aromatic rings. The lowest BCUT2D eigenvalue weighted by Crippen LogP contribution is -2.45. The van der Waals surface area contributed by atoms with E-state index >= 15 is 0 Å². The molecule has 0 unspecified atom stereocenters. The fraction of sp³-hybridized carbons (Fsp3) is 0.625. The van der Waals surface area contributed by atoms with Crippen LogP contribution in [0.1, 0.15) is 31.2 Å². The van der Waals surface area contributed by atoms with Crippen LogP contribution in [0.2, 0.25) is 0 Å². The Morgan fingerprint density at radius 1 is 1.17 bits per heavy atom. The zero-order valence-corrected chi connectivity index (χ0v) is 14.9. The molecule has 7 heteroatoms. The molecule has 1 aliphatic carbocycles. The number of sulfonamides is 1. The number of rotatable bonds is 5. The summed E-state index contributed by atoms with van der Waals surface area (Å²) in [6.07, 6.45) is 4.28. The minimum atomic E-state index is -3.58. The number of nitrogens with zero attached hydrogens (tertiary/aromatic N) is 1. The Kier molecular flexibility index (Phi) is 6.05. The summed E-state index contributed by atoms with van der Waals surface area (Å²) in [7, 11) is -3.58. The number of hydrogen-bond donors (Lipinski definition) is 1. The molecule has 130 valence electrons. The van der Waals surface area contributed by atoms with Crippen molar-refractivity contribution in [2.24, 2.45) is 5.92 Å². The Labute approximate surface area is 143 Å². The van der Waals surface area contributed by atoms with Gasteiger partial charge in [-0.15, -0.1) is 12.4 Å². The van der Waals surface area contributed by atoms with Gasteiger partial charge < -0.3 is 5.32 Å². The van der Waals surface area contributed by atoms with Crippen molar-refractivity contribution in [2.75, 3.05) is 19.6 Å². The van der Waals surface area contributed by atoms with E-state index in [1.165, 1.54) is 29.3 Å². The lowest BCUT2D eigenvalue weighted by Gasteiger charge is -2.31. The van der Waals surface area contributed by atoms with Gasteiger partial charge in [0.25, 0.3) is 0 Å². The third-order valence-electron chi connectivity index (χ3n) is 4.50. The summed E-state index contributed by atoms with van der Waals surface area (Å²) in [4.78, 5) is 0.0642.